The molecule has 0 bridgehead atoms. The summed E-state index contributed by atoms with van der Waals surface area (Å²) in [7, 11) is 0. The van der Waals surface area contributed by atoms with Gasteiger partial charge in [-0.15, -0.1) is 0 Å². The lowest BCUT2D eigenvalue weighted by atomic mass is 10.0. The Labute approximate surface area is 186 Å². The maximum atomic E-state index is 12.6. The van der Waals surface area contributed by atoms with Crippen molar-refractivity contribution in [2.24, 2.45) is 0 Å². The smallest absolute Gasteiger partial charge is 0.262 e. The highest BCUT2D eigenvalue weighted by molar-refractivity contribution is 6.05. The molecule has 32 heavy (non-hydrogen) atoms. The molecular weight excluding hydrogens is 400 g/mol. The first-order valence-corrected chi connectivity index (χ1v) is 10.2. The highest BCUT2D eigenvalue weighted by Crippen LogP contribution is 2.21. The Morgan fingerprint density at radius 2 is 1.22 bits per heavy atom. The molecule has 0 fully saturated rings. The van der Waals surface area contributed by atoms with Gasteiger partial charge in [0, 0.05) is 16.9 Å². The van der Waals surface area contributed by atoms with Crippen molar-refractivity contribution >= 4 is 23.2 Å². The summed E-state index contributed by atoms with van der Waals surface area (Å²) >= 11 is 0. The molecule has 0 unspecified atom stereocenters. The standard InChI is InChI=1S/C27H22N2O3/c30-26(19-32-25-12-5-2-6-13-25)28-23-10-7-11-24(18-23)29-27(31)22-16-14-21(15-17-22)20-8-3-1-4-9-20/h1-18H,19H2,(H,28,30)(H,29,31). The molecule has 0 aliphatic rings. The lowest BCUT2D eigenvalue weighted by Gasteiger charge is -2.10. The molecule has 0 saturated heterocycles. The summed E-state index contributed by atoms with van der Waals surface area (Å²) < 4.78 is 5.45. The zero-order chi connectivity index (χ0) is 22.2. The second-order valence-corrected chi connectivity index (χ2v) is 7.13. The number of amides is 2. The van der Waals surface area contributed by atoms with Gasteiger partial charge in [0.15, 0.2) is 6.61 Å². The molecule has 4 aromatic rings. The quantitative estimate of drug-likeness (QED) is 0.406. The molecule has 4 aromatic carbocycles. The van der Waals surface area contributed by atoms with Crippen LogP contribution in [0.5, 0.6) is 5.75 Å². The van der Waals surface area contributed by atoms with Gasteiger partial charge >= 0.3 is 0 Å². The summed E-state index contributed by atoms with van der Waals surface area (Å²) in [5, 5.41) is 5.64. The van der Waals surface area contributed by atoms with Gasteiger partial charge in [-0.3, -0.25) is 9.59 Å². The van der Waals surface area contributed by atoms with E-state index in [2.05, 4.69) is 10.6 Å². The van der Waals surface area contributed by atoms with E-state index < -0.39 is 0 Å². The van der Waals surface area contributed by atoms with Gasteiger partial charge in [-0.25, -0.2) is 0 Å². The zero-order valence-electron chi connectivity index (χ0n) is 17.3. The van der Waals surface area contributed by atoms with Crippen LogP contribution >= 0.6 is 0 Å². The third kappa shape index (κ3) is 5.61. The van der Waals surface area contributed by atoms with Crippen LogP contribution in [0.3, 0.4) is 0 Å². The number of carbonyl (C=O) groups excluding carboxylic acids is 2. The zero-order valence-corrected chi connectivity index (χ0v) is 17.3. The number of benzene rings is 4. The Hall–Kier alpha value is -4.38. The van der Waals surface area contributed by atoms with Crippen LogP contribution in [0.2, 0.25) is 0 Å². The van der Waals surface area contributed by atoms with Crippen LogP contribution in [0.25, 0.3) is 11.1 Å². The Balaban J connectivity index is 1.35. The number of para-hydroxylation sites is 1. The largest absolute Gasteiger partial charge is 0.484 e. The molecule has 2 N–H and O–H groups in total. The fraction of sp³-hybridized carbons (Fsp3) is 0.0370. The van der Waals surface area contributed by atoms with Crippen LogP contribution in [-0.2, 0) is 4.79 Å². The minimum Gasteiger partial charge on any atom is -0.484 e. The highest BCUT2D eigenvalue weighted by atomic mass is 16.5. The third-order valence-corrected chi connectivity index (χ3v) is 4.77. The first-order chi connectivity index (χ1) is 15.7. The van der Waals surface area contributed by atoms with Crippen molar-refractivity contribution < 1.29 is 14.3 Å². The Morgan fingerprint density at radius 1 is 0.625 bits per heavy atom. The van der Waals surface area contributed by atoms with Gasteiger partial charge in [0.1, 0.15) is 5.75 Å². The van der Waals surface area contributed by atoms with Crippen molar-refractivity contribution in [2.45, 2.75) is 0 Å². The van der Waals surface area contributed by atoms with Crippen molar-refractivity contribution in [3.05, 3.63) is 115 Å². The van der Waals surface area contributed by atoms with Crippen molar-refractivity contribution in [1.82, 2.24) is 0 Å². The first-order valence-electron chi connectivity index (χ1n) is 10.2. The molecule has 5 heteroatoms. The van der Waals surface area contributed by atoms with Crippen LogP contribution in [0.15, 0.2) is 109 Å². The van der Waals surface area contributed by atoms with Crippen LogP contribution in [0.1, 0.15) is 10.4 Å². The fourth-order valence-corrected chi connectivity index (χ4v) is 3.19. The van der Waals surface area contributed by atoms with E-state index in [1.54, 1.807) is 48.5 Å². The maximum Gasteiger partial charge on any atom is 0.262 e. The molecule has 4 rings (SSSR count). The number of hydrogen-bond acceptors (Lipinski definition) is 3. The summed E-state index contributed by atoms with van der Waals surface area (Å²) in [6.07, 6.45) is 0. The molecule has 0 spiro atoms. The average Bonchev–Trinajstić information content (AvgIpc) is 2.84. The molecule has 0 heterocycles. The van der Waals surface area contributed by atoms with Crippen LogP contribution in [0, 0.1) is 0 Å². The monoisotopic (exact) mass is 422 g/mol. The van der Waals surface area contributed by atoms with Crippen molar-refractivity contribution in [2.75, 3.05) is 17.2 Å². The number of rotatable bonds is 7. The summed E-state index contributed by atoms with van der Waals surface area (Å²) in [5.41, 5.74) is 3.85. The van der Waals surface area contributed by atoms with Crippen molar-refractivity contribution in [3.8, 4) is 16.9 Å². The Morgan fingerprint density at radius 3 is 1.91 bits per heavy atom. The normalized spacial score (nSPS) is 10.2. The molecule has 5 nitrogen and oxygen atoms in total. The molecule has 2 amide bonds. The maximum absolute atomic E-state index is 12.6. The highest BCUT2D eigenvalue weighted by Gasteiger charge is 2.09. The van der Waals surface area contributed by atoms with E-state index in [1.165, 1.54) is 0 Å². The number of nitrogens with one attached hydrogen (secondary N) is 2. The summed E-state index contributed by atoms with van der Waals surface area (Å²) in [6, 6.07) is 33.6. The van der Waals surface area contributed by atoms with Crippen LogP contribution in [-0.4, -0.2) is 18.4 Å². The molecule has 0 saturated carbocycles. The molecule has 0 radical (unpaired) electrons. The molecular formula is C27H22N2O3. The van der Waals surface area contributed by atoms with Gasteiger partial charge in [-0.05, 0) is 53.6 Å². The van der Waals surface area contributed by atoms with E-state index in [-0.39, 0.29) is 18.4 Å². The number of carbonyl (C=O) groups is 2. The van der Waals surface area contributed by atoms with Crippen LogP contribution in [0.4, 0.5) is 11.4 Å². The van der Waals surface area contributed by atoms with Gasteiger partial charge in [0.05, 0.1) is 0 Å². The van der Waals surface area contributed by atoms with E-state index in [0.717, 1.165) is 11.1 Å². The third-order valence-electron chi connectivity index (χ3n) is 4.77. The molecule has 0 aliphatic heterocycles. The second-order valence-electron chi connectivity index (χ2n) is 7.13. The first kappa shape index (κ1) is 20.9. The van der Waals surface area contributed by atoms with Crippen molar-refractivity contribution in [1.29, 1.82) is 0 Å². The van der Waals surface area contributed by atoms with E-state index in [4.69, 9.17) is 4.74 Å². The fourth-order valence-electron chi connectivity index (χ4n) is 3.19. The van der Waals surface area contributed by atoms with Gasteiger partial charge in [-0.2, -0.15) is 0 Å². The average molecular weight is 422 g/mol. The molecule has 0 atom stereocenters. The summed E-state index contributed by atoms with van der Waals surface area (Å²) in [6.45, 7) is -0.103. The van der Waals surface area contributed by atoms with Gasteiger partial charge in [0.2, 0.25) is 0 Å². The predicted octanol–water partition coefficient (Wildman–Crippen LogP) is 5.62. The minimum atomic E-state index is -0.283. The molecule has 0 aromatic heterocycles. The topological polar surface area (TPSA) is 67.4 Å². The van der Waals surface area contributed by atoms with E-state index in [9.17, 15) is 9.59 Å². The van der Waals surface area contributed by atoms with E-state index >= 15 is 0 Å². The predicted molar refractivity (Wildman–Crippen MR) is 127 cm³/mol. The summed E-state index contributed by atoms with van der Waals surface area (Å²) in [4.78, 5) is 24.8. The second kappa shape index (κ2) is 10.1. The SMILES string of the molecule is O=C(COc1ccccc1)Nc1cccc(NC(=O)c2ccc(-c3ccccc3)cc2)c1. The Kier molecular flexibility index (Phi) is 6.58. The molecule has 158 valence electrons. The number of ether oxygens (including phenoxy) is 1. The van der Waals surface area contributed by atoms with Crippen LogP contribution < -0.4 is 15.4 Å². The van der Waals surface area contributed by atoms with Gasteiger partial charge in [-0.1, -0.05) is 66.7 Å². The van der Waals surface area contributed by atoms with Gasteiger partial charge < -0.3 is 15.4 Å². The molecule has 0 aliphatic carbocycles. The van der Waals surface area contributed by atoms with Crippen molar-refractivity contribution in [3.63, 3.8) is 0 Å². The minimum absolute atomic E-state index is 0.103. The lowest BCUT2D eigenvalue weighted by molar-refractivity contribution is -0.118. The van der Waals surface area contributed by atoms with E-state index in [0.29, 0.717) is 22.7 Å². The lowest BCUT2D eigenvalue weighted by Crippen LogP contribution is -2.20. The Bertz CT molecular complexity index is 1190. The number of hydrogen-bond donors (Lipinski definition) is 2. The van der Waals surface area contributed by atoms with Gasteiger partial charge in [0.25, 0.3) is 11.8 Å². The number of anilines is 2. The van der Waals surface area contributed by atoms with E-state index in [1.807, 2.05) is 60.7 Å². The summed E-state index contributed by atoms with van der Waals surface area (Å²) in [5.74, 6) is 0.122.